The van der Waals surface area contributed by atoms with Crippen LogP contribution in [0.15, 0.2) is 30.4 Å². The Morgan fingerprint density at radius 1 is 1.20 bits per heavy atom. The third kappa shape index (κ3) is 3.24. The highest BCUT2D eigenvalue weighted by Gasteiger charge is 2.39. The van der Waals surface area contributed by atoms with Gasteiger partial charge in [-0.3, -0.25) is 0 Å². The molecule has 2 heteroatoms. The van der Waals surface area contributed by atoms with Gasteiger partial charge in [-0.25, -0.2) is 0 Å². The first-order chi connectivity index (χ1) is 9.24. The molecular formula is C18H26OSi. The van der Waals surface area contributed by atoms with Crippen LogP contribution in [0.5, 0.6) is 5.75 Å². The van der Waals surface area contributed by atoms with E-state index in [0.29, 0.717) is 0 Å². The Kier molecular flexibility index (Phi) is 3.97. The second-order valence-corrected chi connectivity index (χ2v) is 11.9. The molecule has 0 unspecified atom stereocenters. The summed E-state index contributed by atoms with van der Waals surface area (Å²) < 4.78 is 6.47. The van der Waals surface area contributed by atoms with Crippen molar-refractivity contribution < 1.29 is 4.43 Å². The van der Waals surface area contributed by atoms with Gasteiger partial charge in [-0.2, -0.15) is 0 Å². The molecule has 0 atom stereocenters. The number of hydrogen-bond acceptors (Lipinski definition) is 1. The largest absolute Gasteiger partial charge is 0.543 e. The Labute approximate surface area is 124 Å². The summed E-state index contributed by atoms with van der Waals surface area (Å²) >= 11 is 0. The summed E-state index contributed by atoms with van der Waals surface area (Å²) in [7, 11) is -1.81. The SMILES string of the molecule is C=Cc1c(C=C2CC2)cccc1O[Si](C)(C)C(C)(C)C. The molecule has 1 aliphatic rings. The topological polar surface area (TPSA) is 9.23 Å². The highest BCUT2D eigenvalue weighted by molar-refractivity contribution is 6.74. The lowest BCUT2D eigenvalue weighted by Gasteiger charge is -2.37. The standard InChI is InChI=1S/C18H26OSi/c1-7-16-15(13-14-11-12-14)9-8-10-17(16)19-20(5,6)18(2,3)4/h7-10,13H,1,11-12H2,2-6H3. The molecule has 0 aromatic heterocycles. The first-order valence-corrected chi connectivity index (χ1v) is 10.3. The maximum absolute atomic E-state index is 6.47. The van der Waals surface area contributed by atoms with E-state index in [9.17, 15) is 0 Å². The van der Waals surface area contributed by atoms with Gasteiger partial charge in [0.25, 0.3) is 8.32 Å². The van der Waals surface area contributed by atoms with E-state index in [4.69, 9.17) is 4.43 Å². The van der Waals surface area contributed by atoms with Crippen LogP contribution in [-0.4, -0.2) is 8.32 Å². The Balaban J connectivity index is 2.37. The van der Waals surface area contributed by atoms with E-state index in [1.807, 2.05) is 6.08 Å². The van der Waals surface area contributed by atoms with Crippen LogP contribution in [0.1, 0.15) is 44.7 Å². The van der Waals surface area contributed by atoms with Crippen molar-refractivity contribution in [3.63, 3.8) is 0 Å². The summed E-state index contributed by atoms with van der Waals surface area (Å²) in [6, 6.07) is 6.32. The molecule has 1 saturated carbocycles. The van der Waals surface area contributed by atoms with Crippen molar-refractivity contribution in [2.24, 2.45) is 0 Å². The van der Waals surface area contributed by atoms with Crippen LogP contribution >= 0.6 is 0 Å². The average Bonchev–Trinajstić information content (AvgIpc) is 3.11. The number of benzene rings is 1. The van der Waals surface area contributed by atoms with Crippen molar-refractivity contribution in [3.05, 3.63) is 41.5 Å². The van der Waals surface area contributed by atoms with Gasteiger partial charge < -0.3 is 4.43 Å². The van der Waals surface area contributed by atoms with E-state index in [0.717, 1.165) is 11.3 Å². The lowest BCUT2D eigenvalue weighted by molar-refractivity contribution is 0.491. The molecule has 0 N–H and O–H groups in total. The molecule has 108 valence electrons. The molecule has 1 aromatic carbocycles. The van der Waals surface area contributed by atoms with E-state index >= 15 is 0 Å². The quantitative estimate of drug-likeness (QED) is 0.627. The highest BCUT2D eigenvalue weighted by Crippen LogP contribution is 2.39. The maximum Gasteiger partial charge on any atom is 0.250 e. The molecule has 0 aliphatic heterocycles. The van der Waals surface area contributed by atoms with Gasteiger partial charge in [-0.1, -0.05) is 57.2 Å². The molecular weight excluding hydrogens is 260 g/mol. The lowest BCUT2D eigenvalue weighted by Crippen LogP contribution is -2.44. The predicted molar refractivity (Wildman–Crippen MR) is 91.6 cm³/mol. The van der Waals surface area contributed by atoms with Gasteiger partial charge in [-0.05, 0) is 42.6 Å². The molecule has 0 amide bonds. The Morgan fingerprint density at radius 3 is 2.35 bits per heavy atom. The molecule has 2 rings (SSSR count). The zero-order chi connectivity index (χ0) is 15.0. The van der Waals surface area contributed by atoms with Gasteiger partial charge in [0.05, 0.1) is 0 Å². The number of hydrogen-bond donors (Lipinski definition) is 0. The number of rotatable bonds is 4. The van der Waals surface area contributed by atoms with Crippen molar-refractivity contribution in [2.75, 3.05) is 0 Å². The average molecular weight is 286 g/mol. The Hall–Kier alpha value is -1.28. The van der Waals surface area contributed by atoms with Crippen LogP contribution in [0, 0.1) is 0 Å². The van der Waals surface area contributed by atoms with E-state index in [-0.39, 0.29) is 5.04 Å². The molecule has 20 heavy (non-hydrogen) atoms. The van der Waals surface area contributed by atoms with Crippen molar-refractivity contribution >= 4 is 20.5 Å². The van der Waals surface area contributed by atoms with Crippen LogP contribution in [-0.2, 0) is 0 Å². The summed E-state index contributed by atoms with van der Waals surface area (Å²) in [5.74, 6) is 0.988. The van der Waals surface area contributed by atoms with Crippen LogP contribution in [0.25, 0.3) is 12.2 Å². The van der Waals surface area contributed by atoms with Crippen LogP contribution in [0.4, 0.5) is 0 Å². The smallest absolute Gasteiger partial charge is 0.250 e. The summed E-state index contributed by atoms with van der Waals surface area (Å²) in [5, 5.41) is 0.205. The molecule has 1 nitrogen and oxygen atoms in total. The minimum Gasteiger partial charge on any atom is -0.543 e. The summed E-state index contributed by atoms with van der Waals surface area (Å²) in [6.07, 6.45) is 6.70. The summed E-state index contributed by atoms with van der Waals surface area (Å²) in [5.41, 5.74) is 3.90. The molecule has 0 spiro atoms. The van der Waals surface area contributed by atoms with E-state index in [1.54, 1.807) is 0 Å². The van der Waals surface area contributed by atoms with Gasteiger partial charge in [-0.15, -0.1) is 0 Å². The van der Waals surface area contributed by atoms with Crippen molar-refractivity contribution in [3.8, 4) is 5.75 Å². The predicted octanol–water partition coefficient (Wildman–Crippen LogP) is 5.89. The second-order valence-electron chi connectivity index (χ2n) is 7.13. The molecule has 0 bridgehead atoms. The van der Waals surface area contributed by atoms with Gasteiger partial charge in [0.2, 0.25) is 0 Å². The normalized spacial score (nSPS) is 14.9. The fourth-order valence-electron chi connectivity index (χ4n) is 1.86. The van der Waals surface area contributed by atoms with Gasteiger partial charge >= 0.3 is 0 Å². The zero-order valence-corrected chi connectivity index (χ0v) is 14.4. The monoisotopic (exact) mass is 286 g/mol. The molecule has 1 fully saturated rings. The van der Waals surface area contributed by atoms with Gasteiger partial charge in [0.15, 0.2) is 0 Å². The lowest BCUT2D eigenvalue weighted by atomic mass is 10.1. The minimum atomic E-state index is -1.81. The summed E-state index contributed by atoms with van der Waals surface area (Å²) in [6.45, 7) is 15.3. The van der Waals surface area contributed by atoms with Gasteiger partial charge in [0.1, 0.15) is 5.75 Å². The maximum atomic E-state index is 6.47. The third-order valence-electron chi connectivity index (χ3n) is 4.37. The molecule has 1 aliphatic carbocycles. The van der Waals surface area contributed by atoms with E-state index in [2.05, 4.69) is 64.7 Å². The minimum absolute atomic E-state index is 0.205. The van der Waals surface area contributed by atoms with Crippen LogP contribution in [0.2, 0.25) is 18.1 Å². The molecule has 1 aromatic rings. The molecule has 0 saturated heterocycles. The van der Waals surface area contributed by atoms with Crippen molar-refractivity contribution in [2.45, 2.75) is 51.7 Å². The van der Waals surface area contributed by atoms with Crippen molar-refractivity contribution in [1.82, 2.24) is 0 Å². The molecule has 0 radical (unpaired) electrons. The van der Waals surface area contributed by atoms with E-state index < -0.39 is 8.32 Å². The van der Waals surface area contributed by atoms with E-state index in [1.165, 1.54) is 24.0 Å². The molecule has 0 heterocycles. The van der Waals surface area contributed by atoms with Crippen molar-refractivity contribution in [1.29, 1.82) is 0 Å². The Bertz CT molecular complexity index is 541. The highest BCUT2D eigenvalue weighted by atomic mass is 28.4. The summed E-state index contributed by atoms with van der Waals surface area (Å²) in [4.78, 5) is 0. The fraction of sp³-hybridized carbons (Fsp3) is 0.444. The third-order valence-corrected chi connectivity index (χ3v) is 8.72. The first-order valence-electron chi connectivity index (χ1n) is 7.38. The Morgan fingerprint density at radius 2 is 1.85 bits per heavy atom. The number of allylic oxidation sites excluding steroid dienone is 1. The fourth-order valence-corrected chi connectivity index (χ4v) is 2.89. The first kappa shape index (κ1) is 15.1. The van der Waals surface area contributed by atoms with Crippen LogP contribution in [0.3, 0.4) is 0 Å². The van der Waals surface area contributed by atoms with Gasteiger partial charge in [0, 0.05) is 5.56 Å². The second kappa shape index (κ2) is 5.25. The zero-order valence-electron chi connectivity index (χ0n) is 13.4. The van der Waals surface area contributed by atoms with Crippen LogP contribution < -0.4 is 4.43 Å².